The second-order valence-electron chi connectivity index (χ2n) is 9.40. The Kier molecular flexibility index (Phi) is 6.02. The summed E-state index contributed by atoms with van der Waals surface area (Å²) in [6, 6.07) is 6.29. The van der Waals surface area contributed by atoms with Gasteiger partial charge in [-0.1, -0.05) is 17.7 Å². The maximum absolute atomic E-state index is 13.3. The van der Waals surface area contributed by atoms with Crippen molar-refractivity contribution < 1.29 is 14.3 Å². The zero-order valence-corrected chi connectivity index (χ0v) is 18.2. The highest BCUT2D eigenvalue weighted by Crippen LogP contribution is 2.36. The molecule has 164 valence electrons. The van der Waals surface area contributed by atoms with Crippen LogP contribution in [0.1, 0.15) is 36.8 Å². The number of nitrogens with zero attached hydrogens (tertiary/aromatic N) is 3. The molecule has 7 nitrogen and oxygen atoms in total. The number of hydrogen-bond donors (Lipinski definition) is 1. The van der Waals surface area contributed by atoms with E-state index < -0.39 is 0 Å². The third-order valence-electron chi connectivity index (χ3n) is 6.98. The van der Waals surface area contributed by atoms with E-state index >= 15 is 0 Å². The quantitative estimate of drug-likeness (QED) is 0.808. The van der Waals surface area contributed by atoms with Crippen LogP contribution in [0.15, 0.2) is 18.2 Å². The standard InChI is InChI=1S/C23H34N4O3/c1-17-3-4-20-19(13-17)14-27(16-23(30-20)7-11-25(2)12-8-23)21(28)15-26-9-5-18(6-10-26)22(24)29/h3-4,13,18H,5-12,14-16H2,1-2H3,(H2,24,29). The minimum absolute atomic E-state index is 0.0553. The predicted octanol–water partition coefficient (Wildman–Crippen LogP) is 1.38. The summed E-state index contributed by atoms with van der Waals surface area (Å²) >= 11 is 0. The van der Waals surface area contributed by atoms with Gasteiger partial charge in [-0.2, -0.15) is 0 Å². The molecule has 3 aliphatic rings. The number of carbonyl (C=O) groups is 2. The number of fused-ring (bicyclic) bond motifs is 1. The molecular formula is C23H34N4O3. The van der Waals surface area contributed by atoms with Crippen molar-refractivity contribution in [1.29, 1.82) is 0 Å². The Morgan fingerprint density at radius 3 is 2.53 bits per heavy atom. The number of rotatable bonds is 3. The van der Waals surface area contributed by atoms with Crippen LogP contribution in [0.25, 0.3) is 0 Å². The first-order valence-electron chi connectivity index (χ1n) is 11.1. The fourth-order valence-electron chi connectivity index (χ4n) is 4.94. The molecule has 0 atom stereocenters. The maximum Gasteiger partial charge on any atom is 0.237 e. The van der Waals surface area contributed by atoms with Crippen molar-refractivity contribution in [2.75, 3.05) is 46.3 Å². The Morgan fingerprint density at radius 2 is 1.87 bits per heavy atom. The Morgan fingerprint density at radius 1 is 1.17 bits per heavy atom. The molecule has 0 saturated carbocycles. The third-order valence-corrected chi connectivity index (χ3v) is 6.98. The molecular weight excluding hydrogens is 380 g/mol. The van der Waals surface area contributed by atoms with Gasteiger partial charge in [0.1, 0.15) is 11.4 Å². The van der Waals surface area contributed by atoms with Gasteiger partial charge in [0, 0.05) is 44.0 Å². The lowest BCUT2D eigenvalue weighted by molar-refractivity contribution is -0.136. The predicted molar refractivity (Wildman–Crippen MR) is 115 cm³/mol. The summed E-state index contributed by atoms with van der Waals surface area (Å²) in [7, 11) is 2.14. The van der Waals surface area contributed by atoms with Gasteiger partial charge < -0.3 is 20.3 Å². The number of hydrogen-bond acceptors (Lipinski definition) is 5. The molecule has 30 heavy (non-hydrogen) atoms. The molecule has 4 rings (SSSR count). The first kappa shape index (κ1) is 21.1. The van der Waals surface area contributed by atoms with Gasteiger partial charge in [-0.25, -0.2) is 0 Å². The lowest BCUT2D eigenvalue weighted by atomic mass is 9.90. The van der Waals surface area contributed by atoms with Crippen LogP contribution in [0, 0.1) is 12.8 Å². The summed E-state index contributed by atoms with van der Waals surface area (Å²) in [5.41, 5.74) is 7.39. The molecule has 1 spiro atoms. The van der Waals surface area contributed by atoms with Crippen molar-refractivity contribution in [3.63, 3.8) is 0 Å². The van der Waals surface area contributed by atoms with Crippen molar-refractivity contribution in [2.24, 2.45) is 11.7 Å². The summed E-state index contributed by atoms with van der Waals surface area (Å²) < 4.78 is 6.61. The molecule has 2 fully saturated rings. The zero-order valence-electron chi connectivity index (χ0n) is 18.2. The number of piperidine rings is 2. The molecule has 0 bridgehead atoms. The Balaban J connectivity index is 1.50. The molecule has 1 aromatic rings. The zero-order chi connectivity index (χ0) is 21.3. The molecule has 3 heterocycles. The van der Waals surface area contributed by atoms with Crippen molar-refractivity contribution in [1.82, 2.24) is 14.7 Å². The van der Waals surface area contributed by atoms with Gasteiger partial charge in [0.05, 0.1) is 13.1 Å². The lowest BCUT2D eigenvalue weighted by Gasteiger charge is -2.42. The number of aryl methyl sites for hydroxylation is 1. The van der Waals surface area contributed by atoms with Crippen LogP contribution in [-0.4, -0.2) is 78.4 Å². The van der Waals surface area contributed by atoms with E-state index in [1.165, 1.54) is 5.56 Å². The van der Waals surface area contributed by atoms with Gasteiger partial charge in [-0.3, -0.25) is 14.5 Å². The smallest absolute Gasteiger partial charge is 0.237 e. The monoisotopic (exact) mass is 414 g/mol. The molecule has 0 aliphatic carbocycles. The fraction of sp³-hybridized carbons (Fsp3) is 0.652. The minimum Gasteiger partial charge on any atom is -0.485 e. The van der Waals surface area contributed by atoms with E-state index in [-0.39, 0.29) is 23.3 Å². The van der Waals surface area contributed by atoms with Crippen LogP contribution in [-0.2, 0) is 16.1 Å². The van der Waals surface area contributed by atoms with Crippen LogP contribution in [0.4, 0.5) is 0 Å². The SMILES string of the molecule is Cc1ccc2c(c1)CN(C(=O)CN1CCC(C(N)=O)CC1)CC1(CCN(C)CC1)O2. The van der Waals surface area contributed by atoms with E-state index in [9.17, 15) is 9.59 Å². The van der Waals surface area contributed by atoms with Crippen molar-refractivity contribution in [3.05, 3.63) is 29.3 Å². The lowest BCUT2D eigenvalue weighted by Crippen LogP contribution is -2.54. The van der Waals surface area contributed by atoms with Gasteiger partial charge in [0.15, 0.2) is 0 Å². The fourth-order valence-corrected chi connectivity index (χ4v) is 4.94. The summed E-state index contributed by atoms with van der Waals surface area (Å²) in [6.07, 6.45) is 3.32. The van der Waals surface area contributed by atoms with E-state index in [1.54, 1.807) is 0 Å². The van der Waals surface area contributed by atoms with E-state index in [2.05, 4.69) is 42.0 Å². The molecule has 0 radical (unpaired) electrons. The maximum atomic E-state index is 13.3. The highest BCUT2D eigenvalue weighted by molar-refractivity contribution is 5.79. The number of primary amides is 1. The van der Waals surface area contributed by atoms with Gasteiger partial charge in [-0.05, 0) is 46.0 Å². The van der Waals surface area contributed by atoms with Gasteiger partial charge in [-0.15, -0.1) is 0 Å². The van der Waals surface area contributed by atoms with Crippen LogP contribution in [0.2, 0.25) is 0 Å². The third kappa shape index (κ3) is 4.62. The number of amides is 2. The van der Waals surface area contributed by atoms with Crippen LogP contribution in [0.3, 0.4) is 0 Å². The number of ether oxygens (including phenoxy) is 1. The molecule has 1 aromatic carbocycles. The molecule has 2 saturated heterocycles. The van der Waals surface area contributed by atoms with Gasteiger partial charge in [0.2, 0.25) is 11.8 Å². The van der Waals surface area contributed by atoms with Crippen LogP contribution >= 0.6 is 0 Å². The Labute approximate surface area is 179 Å². The van der Waals surface area contributed by atoms with Gasteiger partial charge in [0.25, 0.3) is 0 Å². The summed E-state index contributed by atoms with van der Waals surface area (Å²) in [6.45, 7) is 7.13. The minimum atomic E-state index is -0.318. The summed E-state index contributed by atoms with van der Waals surface area (Å²) in [5, 5.41) is 0. The summed E-state index contributed by atoms with van der Waals surface area (Å²) in [5.74, 6) is 0.786. The Hall–Kier alpha value is -2.12. The van der Waals surface area contributed by atoms with Crippen LogP contribution < -0.4 is 10.5 Å². The molecule has 7 heteroatoms. The van der Waals surface area contributed by atoms with Gasteiger partial charge >= 0.3 is 0 Å². The molecule has 0 aromatic heterocycles. The second-order valence-corrected chi connectivity index (χ2v) is 9.40. The first-order valence-corrected chi connectivity index (χ1v) is 11.1. The largest absolute Gasteiger partial charge is 0.485 e. The highest BCUT2D eigenvalue weighted by Gasteiger charge is 2.41. The average Bonchev–Trinajstić information content (AvgIpc) is 2.87. The van der Waals surface area contributed by atoms with Crippen LogP contribution in [0.5, 0.6) is 5.75 Å². The number of likely N-dealkylation sites (tertiary alicyclic amines) is 2. The molecule has 2 N–H and O–H groups in total. The van der Waals surface area contributed by atoms with Crippen molar-refractivity contribution in [2.45, 2.75) is 44.8 Å². The van der Waals surface area contributed by atoms with Crippen molar-refractivity contribution >= 4 is 11.8 Å². The average molecular weight is 415 g/mol. The first-order chi connectivity index (χ1) is 14.3. The molecule has 0 unspecified atom stereocenters. The second kappa shape index (κ2) is 8.55. The topological polar surface area (TPSA) is 79.1 Å². The Bertz CT molecular complexity index is 796. The highest BCUT2D eigenvalue weighted by atomic mass is 16.5. The van der Waals surface area contributed by atoms with Crippen molar-refractivity contribution in [3.8, 4) is 5.75 Å². The van der Waals surface area contributed by atoms with E-state index in [1.807, 2.05) is 4.90 Å². The normalized spacial score (nSPS) is 22.9. The number of nitrogens with two attached hydrogens (primary N) is 1. The summed E-state index contributed by atoms with van der Waals surface area (Å²) in [4.78, 5) is 31.2. The van der Waals surface area contributed by atoms with E-state index in [4.69, 9.17) is 10.5 Å². The molecule has 3 aliphatic heterocycles. The number of benzene rings is 1. The number of carbonyl (C=O) groups excluding carboxylic acids is 2. The van der Waals surface area contributed by atoms with E-state index in [0.29, 0.717) is 19.6 Å². The van der Waals surface area contributed by atoms with E-state index in [0.717, 1.165) is 63.2 Å². The molecule has 2 amide bonds.